The first kappa shape index (κ1) is 15.0. The maximum absolute atomic E-state index is 13.5. The Morgan fingerprint density at radius 2 is 2.00 bits per heavy atom. The summed E-state index contributed by atoms with van der Waals surface area (Å²) in [5.74, 6) is 1.14. The van der Waals surface area contributed by atoms with E-state index in [0.717, 1.165) is 31.7 Å². The van der Waals surface area contributed by atoms with Gasteiger partial charge < -0.3 is 4.90 Å². The molecule has 0 bridgehead atoms. The monoisotopic (exact) mass is 329 g/mol. The fourth-order valence-corrected chi connectivity index (χ4v) is 3.16. The minimum Gasteiger partial charge on any atom is -0.353 e. The predicted molar refractivity (Wildman–Crippen MR) is 87.1 cm³/mol. The summed E-state index contributed by atoms with van der Waals surface area (Å²) in [5, 5.41) is 8.46. The SMILES string of the molecule is FCC1CCN(c2nccn3c(-c4cccc(F)c4)nnc23)CC1. The fraction of sp³-hybridized carbons (Fsp3) is 0.353. The highest BCUT2D eigenvalue weighted by molar-refractivity contribution is 5.68. The number of piperidine rings is 1. The summed E-state index contributed by atoms with van der Waals surface area (Å²) in [7, 11) is 0. The van der Waals surface area contributed by atoms with Gasteiger partial charge in [-0.3, -0.25) is 8.79 Å². The Kier molecular flexibility index (Phi) is 3.84. The van der Waals surface area contributed by atoms with Crippen LogP contribution in [0.3, 0.4) is 0 Å². The maximum atomic E-state index is 13.5. The third-order valence-electron chi connectivity index (χ3n) is 4.52. The van der Waals surface area contributed by atoms with Gasteiger partial charge in [0, 0.05) is 31.0 Å². The lowest BCUT2D eigenvalue weighted by Gasteiger charge is -2.31. The summed E-state index contributed by atoms with van der Waals surface area (Å²) in [6, 6.07) is 6.28. The average molecular weight is 329 g/mol. The van der Waals surface area contributed by atoms with E-state index >= 15 is 0 Å². The van der Waals surface area contributed by atoms with Crippen LogP contribution in [0.1, 0.15) is 12.8 Å². The number of halogens is 2. The van der Waals surface area contributed by atoms with E-state index in [1.807, 2.05) is 4.40 Å². The van der Waals surface area contributed by atoms with Gasteiger partial charge in [-0.05, 0) is 30.9 Å². The molecule has 2 aromatic heterocycles. The van der Waals surface area contributed by atoms with Crippen LogP contribution < -0.4 is 4.90 Å². The van der Waals surface area contributed by atoms with E-state index in [2.05, 4.69) is 20.1 Å². The Morgan fingerprint density at radius 1 is 1.17 bits per heavy atom. The highest BCUT2D eigenvalue weighted by Crippen LogP contribution is 2.27. The van der Waals surface area contributed by atoms with Crippen LogP contribution in [0.2, 0.25) is 0 Å². The summed E-state index contributed by atoms with van der Waals surface area (Å²) >= 11 is 0. The molecule has 0 spiro atoms. The Bertz CT molecular complexity index is 855. The van der Waals surface area contributed by atoms with Crippen molar-refractivity contribution in [2.45, 2.75) is 12.8 Å². The lowest BCUT2D eigenvalue weighted by Crippen LogP contribution is -2.35. The Labute approximate surface area is 138 Å². The molecule has 0 unspecified atom stereocenters. The molecule has 3 aromatic rings. The molecule has 124 valence electrons. The van der Waals surface area contributed by atoms with Crippen LogP contribution in [0.4, 0.5) is 14.6 Å². The van der Waals surface area contributed by atoms with Crippen LogP contribution in [-0.2, 0) is 0 Å². The molecule has 0 amide bonds. The van der Waals surface area contributed by atoms with Crippen molar-refractivity contribution in [1.82, 2.24) is 19.6 Å². The van der Waals surface area contributed by atoms with E-state index in [1.165, 1.54) is 12.1 Å². The lowest BCUT2D eigenvalue weighted by atomic mass is 9.98. The summed E-state index contributed by atoms with van der Waals surface area (Å²) in [4.78, 5) is 6.56. The van der Waals surface area contributed by atoms with Crippen molar-refractivity contribution in [3.63, 3.8) is 0 Å². The minimum absolute atomic E-state index is 0.140. The molecule has 1 fully saturated rings. The number of aromatic nitrogens is 4. The van der Waals surface area contributed by atoms with Gasteiger partial charge in [0.2, 0.25) is 5.65 Å². The normalized spacial score (nSPS) is 16.0. The molecule has 3 heterocycles. The predicted octanol–water partition coefficient (Wildman–Crippen LogP) is 3.12. The Balaban J connectivity index is 1.72. The van der Waals surface area contributed by atoms with Gasteiger partial charge in [-0.2, -0.15) is 0 Å². The van der Waals surface area contributed by atoms with Gasteiger partial charge in [-0.15, -0.1) is 10.2 Å². The van der Waals surface area contributed by atoms with Gasteiger partial charge in [0.1, 0.15) is 5.82 Å². The Morgan fingerprint density at radius 3 is 2.75 bits per heavy atom. The van der Waals surface area contributed by atoms with Crippen molar-refractivity contribution < 1.29 is 8.78 Å². The first-order valence-electron chi connectivity index (χ1n) is 8.03. The second-order valence-electron chi connectivity index (χ2n) is 6.06. The molecular formula is C17H17F2N5. The number of anilines is 1. The number of nitrogens with zero attached hydrogens (tertiary/aromatic N) is 5. The zero-order chi connectivity index (χ0) is 16.5. The Hall–Kier alpha value is -2.57. The summed E-state index contributed by atoms with van der Waals surface area (Å²) in [5.41, 5.74) is 1.30. The zero-order valence-corrected chi connectivity index (χ0v) is 13.1. The van der Waals surface area contributed by atoms with E-state index in [-0.39, 0.29) is 18.4 Å². The van der Waals surface area contributed by atoms with Crippen molar-refractivity contribution >= 4 is 11.5 Å². The number of alkyl halides is 1. The first-order chi connectivity index (χ1) is 11.8. The van der Waals surface area contributed by atoms with Gasteiger partial charge in [-0.1, -0.05) is 12.1 Å². The van der Waals surface area contributed by atoms with Crippen LogP contribution in [0.15, 0.2) is 36.7 Å². The molecule has 1 aliphatic heterocycles. The van der Waals surface area contributed by atoms with Gasteiger partial charge in [0.15, 0.2) is 11.6 Å². The second-order valence-corrected chi connectivity index (χ2v) is 6.06. The largest absolute Gasteiger partial charge is 0.353 e. The van der Waals surface area contributed by atoms with Crippen LogP contribution in [0.5, 0.6) is 0 Å². The highest BCUT2D eigenvalue weighted by atomic mass is 19.1. The molecule has 1 saturated heterocycles. The third kappa shape index (κ3) is 2.60. The van der Waals surface area contributed by atoms with Crippen molar-refractivity contribution in [3.05, 3.63) is 42.5 Å². The molecule has 4 rings (SSSR count). The summed E-state index contributed by atoms with van der Waals surface area (Å²) in [6.45, 7) is 1.24. The van der Waals surface area contributed by atoms with E-state index in [0.29, 0.717) is 17.0 Å². The molecule has 1 aromatic carbocycles. The summed E-state index contributed by atoms with van der Waals surface area (Å²) in [6.07, 6.45) is 5.08. The van der Waals surface area contributed by atoms with Gasteiger partial charge in [-0.25, -0.2) is 9.37 Å². The van der Waals surface area contributed by atoms with Crippen LogP contribution in [0, 0.1) is 11.7 Å². The number of fused-ring (bicyclic) bond motifs is 1. The van der Waals surface area contributed by atoms with E-state index in [4.69, 9.17) is 0 Å². The van der Waals surface area contributed by atoms with Crippen molar-refractivity contribution in [2.24, 2.45) is 5.92 Å². The lowest BCUT2D eigenvalue weighted by molar-refractivity contribution is 0.307. The van der Waals surface area contributed by atoms with Gasteiger partial charge in [0.05, 0.1) is 6.67 Å². The molecular weight excluding hydrogens is 312 g/mol. The van der Waals surface area contributed by atoms with E-state index < -0.39 is 0 Å². The standard InChI is InChI=1S/C17H17F2N5/c18-11-12-4-7-23(8-5-12)16-17-22-21-15(24(17)9-6-20-16)13-2-1-3-14(19)10-13/h1-3,6,9-10,12H,4-5,7-8,11H2. The van der Waals surface area contributed by atoms with E-state index in [9.17, 15) is 8.78 Å². The molecule has 0 atom stereocenters. The molecule has 7 heteroatoms. The zero-order valence-electron chi connectivity index (χ0n) is 13.1. The average Bonchev–Trinajstić information content (AvgIpc) is 3.06. The number of hydrogen-bond donors (Lipinski definition) is 0. The fourth-order valence-electron chi connectivity index (χ4n) is 3.16. The third-order valence-corrected chi connectivity index (χ3v) is 4.52. The molecule has 0 saturated carbocycles. The minimum atomic E-state index is -0.313. The van der Waals surface area contributed by atoms with Gasteiger partial charge >= 0.3 is 0 Å². The van der Waals surface area contributed by atoms with Crippen LogP contribution >= 0.6 is 0 Å². The van der Waals surface area contributed by atoms with Crippen molar-refractivity contribution in [1.29, 1.82) is 0 Å². The van der Waals surface area contributed by atoms with Crippen LogP contribution in [0.25, 0.3) is 17.0 Å². The van der Waals surface area contributed by atoms with Crippen LogP contribution in [-0.4, -0.2) is 39.3 Å². The number of benzene rings is 1. The molecule has 1 aliphatic rings. The van der Waals surface area contributed by atoms with E-state index in [1.54, 1.807) is 24.5 Å². The molecule has 24 heavy (non-hydrogen) atoms. The number of hydrogen-bond acceptors (Lipinski definition) is 4. The highest BCUT2D eigenvalue weighted by Gasteiger charge is 2.23. The number of rotatable bonds is 3. The van der Waals surface area contributed by atoms with Crippen molar-refractivity contribution in [3.8, 4) is 11.4 Å². The maximum Gasteiger partial charge on any atom is 0.204 e. The topological polar surface area (TPSA) is 46.3 Å². The summed E-state index contributed by atoms with van der Waals surface area (Å²) < 4.78 is 28.1. The molecule has 0 radical (unpaired) electrons. The molecule has 0 aliphatic carbocycles. The molecule has 5 nitrogen and oxygen atoms in total. The first-order valence-corrected chi connectivity index (χ1v) is 8.03. The molecule has 0 N–H and O–H groups in total. The van der Waals surface area contributed by atoms with Crippen molar-refractivity contribution in [2.75, 3.05) is 24.7 Å². The van der Waals surface area contributed by atoms with Gasteiger partial charge in [0.25, 0.3) is 0 Å². The smallest absolute Gasteiger partial charge is 0.204 e. The quantitative estimate of drug-likeness (QED) is 0.741. The second kappa shape index (κ2) is 6.14.